The maximum atomic E-state index is 5.57. The predicted octanol–water partition coefficient (Wildman–Crippen LogP) is 1.16. The number of aliphatic imine (C=N–C) groups is 1. The van der Waals surface area contributed by atoms with Gasteiger partial charge in [0.15, 0.2) is 11.9 Å². The highest BCUT2D eigenvalue weighted by Crippen LogP contribution is 2.44. The second-order valence-electron chi connectivity index (χ2n) is 3.83. The van der Waals surface area contributed by atoms with Crippen LogP contribution in [0.5, 0.6) is 0 Å². The van der Waals surface area contributed by atoms with Gasteiger partial charge in [-0.1, -0.05) is 13.8 Å². The second-order valence-corrected chi connectivity index (χ2v) is 3.83. The Kier molecular flexibility index (Phi) is 1.85. The van der Waals surface area contributed by atoms with Gasteiger partial charge in [0.1, 0.15) is 0 Å². The average Bonchev–Trinajstić information content (AvgIpc) is 2.28. The van der Waals surface area contributed by atoms with Gasteiger partial charge >= 0.3 is 5.97 Å². The van der Waals surface area contributed by atoms with E-state index in [1.165, 1.54) is 0 Å². The molecule has 2 rings (SSSR count). The SMILES string of the molecule is CO[C@]12OC(C)=N[C@H]1[C@@H](C(C)C)O2. The van der Waals surface area contributed by atoms with Crippen LogP contribution in [0.1, 0.15) is 20.8 Å². The van der Waals surface area contributed by atoms with Gasteiger partial charge in [-0.3, -0.25) is 0 Å². The molecule has 4 nitrogen and oxygen atoms in total. The maximum Gasteiger partial charge on any atom is 0.354 e. The van der Waals surface area contributed by atoms with Gasteiger partial charge in [-0.05, 0) is 5.92 Å². The molecule has 1 saturated heterocycles. The van der Waals surface area contributed by atoms with Crippen LogP contribution >= 0.6 is 0 Å². The molecule has 0 unspecified atom stereocenters. The lowest BCUT2D eigenvalue weighted by molar-refractivity contribution is -0.434. The lowest BCUT2D eigenvalue weighted by Crippen LogP contribution is -2.65. The van der Waals surface area contributed by atoms with E-state index in [1.807, 2.05) is 6.92 Å². The van der Waals surface area contributed by atoms with Crippen LogP contribution in [0.4, 0.5) is 0 Å². The minimum absolute atomic E-state index is 0.0116. The fourth-order valence-electron chi connectivity index (χ4n) is 1.83. The molecule has 0 spiro atoms. The molecule has 74 valence electrons. The summed E-state index contributed by atoms with van der Waals surface area (Å²) in [4.78, 5) is 4.35. The molecule has 4 heteroatoms. The van der Waals surface area contributed by atoms with E-state index in [0.29, 0.717) is 11.8 Å². The second kappa shape index (κ2) is 2.69. The van der Waals surface area contributed by atoms with Crippen molar-refractivity contribution in [1.29, 1.82) is 0 Å². The molecule has 3 atom stereocenters. The number of fused-ring (bicyclic) bond motifs is 1. The Morgan fingerprint density at radius 3 is 2.77 bits per heavy atom. The summed E-state index contributed by atoms with van der Waals surface area (Å²) < 4.78 is 16.1. The molecule has 0 amide bonds. The summed E-state index contributed by atoms with van der Waals surface area (Å²) in [7, 11) is 1.58. The minimum Gasteiger partial charge on any atom is -0.424 e. The fraction of sp³-hybridized carbons (Fsp3) is 0.889. The molecule has 0 aromatic heterocycles. The first-order valence-corrected chi connectivity index (χ1v) is 4.55. The molecule has 13 heavy (non-hydrogen) atoms. The lowest BCUT2D eigenvalue weighted by Gasteiger charge is -2.47. The highest BCUT2D eigenvalue weighted by atomic mass is 16.9. The van der Waals surface area contributed by atoms with Gasteiger partial charge in [-0.25, -0.2) is 4.99 Å². The molecule has 0 N–H and O–H groups in total. The molecule has 0 aliphatic carbocycles. The summed E-state index contributed by atoms with van der Waals surface area (Å²) >= 11 is 0. The standard InChI is InChI=1S/C9H15NO3/c1-5(2)7-8-9(11-4,13-7)12-6(3)10-8/h5,7-8H,1-4H3/t7-,8+,9+/m1/s1. The smallest absolute Gasteiger partial charge is 0.354 e. The first-order chi connectivity index (χ1) is 6.09. The molecular weight excluding hydrogens is 170 g/mol. The quantitative estimate of drug-likeness (QED) is 0.648. The zero-order chi connectivity index (χ0) is 9.64. The van der Waals surface area contributed by atoms with Gasteiger partial charge in [0.25, 0.3) is 0 Å². The van der Waals surface area contributed by atoms with E-state index in [2.05, 4.69) is 18.8 Å². The van der Waals surface area contributed by atoms with Gasteiger partial charge < -0.3 is 14.2 Å². The van der Waals surface area contributed by atoms with Gasteiger partial charge in [0.05, 0.1) is 6.10 Å². The summed E-state index contributed by atoms with van der Waals surface area (Å²) in [6, 6.07) is 0.0116. The average molecular weight is 185 g/mol. The van der Waals surface area contributed by atoms with Crippen molar-refractivity contribution < 1.29 is 14.2 Å². The van der Waals surface area contributed by atoms with E-state index in [4.69, 9.17) is 14.2 Å². The molecular formula is C9H15NO3. The predicted molar refractivity (Wildman–Crippen MR) is 47.4 cm³/mol. The van der Waals surface area contributed by atoms with E-state index >= 15 is 0 Å². The first kappa shape index (κ1) is 8.97. The van der Waals surface area contributed by atoms with Crippen LogP contribution in [-0.4, -0.2) is 31.1 Å². The Morgan fingerprint density at radius 2 is 2.23 bits per heavy atom. The van der Waals surface area contributed by atoms with Crippen molar-refractivity contribution in [3.8, 4) is 0 Å². The number of hydrogen-bond acceptors (Lipinski definition) is 4. The van der Waals surface area contributed by atoms with Crippen molar-refractivity contribution in [2.45, 2.75) is 38.9 Å². The number of nitrogens with zero attached hydrogens (tertiary/aromatic N) is 1. The summed E-state index contributed by atoms with van der Waals surface area (Å²) in [5.74, 6) is 0.181. The van der Waals surface area contributed by atoms with Crippen LogP contribution in [0.2, 0.25) is 0 Å². The van der Waals surface area contributed by atoms with E-state index in [1.54, 1.807) is 7.11 Å². The Morgan fingerprint density at radius 1 is 1.54 bits per heavy atom. The number of ether oxygens (including phenoxy) is 3. The number of rotatable bonds is 2. The highest BCUT2D eigenvalue weighted by molar-refractivity contribution is 5.75. The normalized spacial score (nSPS) is 42.4. The highest BCUT2D eigenvalue weighted by Gasteiger charge is 2.63. The van der Waals surface area contributed by atoms with Crippen molar-refractivity contribution in [2.24, 2.45) is 10.9 Å². The number of hydrogen-bond donors (Lipinski definition) is 0. The summed E-state index contributed by atoms with van der Waals surface area (Å²) in [6.45, 7) is 6.03. The monoisotopic (exact) mass is 185 g/mol. The molecule has 0 bridgehead atoms. The largest absolute Gasteiger partial charge is 0.424 e. The summed E-state index contributed by atoms with van der Waals surface area (Å²) in [5, 5.41) is 0. The maximum absolute atomic E-state index is 5.57. The van der Waals surface area contributed by atoms with E-state index in [9.17, 15) is 0 Å². The van der Waals surface area contributed by atoms with Gasteiger partial charge in [-0.2, -0.15) is 0 Å². The first-order valence-electron chi connectivity index (χ1n) is 4.55. The van der Waals surface area contributed by atoms with Crippen molar-refractivity contribution in [1.82, 2.24) is 0 Å². The van der Waals surface area contributed by atoms with Crippen molar-refractivity contribution in [2.75, 3.05) is 7.11 Å². The molecule has 0 aromatic rings. The zero-order valence-electron chi connectivity index (χ0n) is 8.40. The summed E-state index contributed by atoms with van der Waals surface area (Å²) in [5.41, 5.74) is 0. The van der Waals surface area contributed by atoms with Gasteiger partial charge in [0, 0.05) is 14.0 Å². The molecule has 0 saturated carbocycles. The van der Waals surface area contributed by atoms with Crippen LogP contribution in [0.15, 0.2) is 4.99 Å². The molecule has 0 aromatic carbocycles. The topological polar surface area (TPSA) is 40.0 Å². The Bertz CT molecular complexity index is 251. The third-order valence-electron chi connectivity index (χ3n) is 2.53. The van der Waals surface area contributed by atoms with E-state index in [0.717, 1.165) is 0 Å². The third kappa shape index (κ3) is 1.09. The van der Waals surface area contributed by atoms with E-state index < -0.39 is 5.97 Å². The third-order valence-corrected chi connectivity index (χ3v) is 2.53. The molecule has 0 radical (unpaired) electrons. The summed E-state index contributed by atoms with van der Waals surface area (Å²) in [6.07, 6.45) is 0.123. The Labute approximate surface area is 77.9 Å². The van der Waals surface area contributed by atoms with Crippen molar-refractivity contribution in [3.63, 3.8) is 0 Å². The van der Waals surface area contributed by atoms with Gasteiger partial charge in [0.2, 0.25) is 0 Å². The lowest BCUT2D eigenvalue weighted by atomic mass is 9.93. The van der Waals surface area contributed by atoms with Crippen LogP contribution < -0.4 is 0 Å². The fourth-order valence-corrected chi connectivity index (χ4v) is 1.83. The zero-order valence-corrected chi connectivity index (χ0v) is 8.40. The molecule has 2 aliphatic heterocycles. The molecule has 1 fully saturated rings. The Hall–Kier alpha value is -0.610. The van der Waals surface area contributed by atoms with Crippen LogP contribution in [0.3, 0.4) is 0 Å². The number of methoxy groups -OCH3 is 1. The van der Waals surface area contributed by atoms with Crippen LogP contribution in [-0.2, 0) is 14.2 Å². The molecule has 2 heterocycles. The van der Waals surface area contributed by atoms with E-state index in [-0.39, 0.29) is 12.1 Å². The molecule has 2 aliphatic rings. The van der Waals surface area contributed by atoms with Gasteiger partial charge in [-0.15, -0.1) is 0 Å². The van der Waals surface area contributed by atoms with Crippen LogP contribution in [0.25, 0.3) is 0 Å². The minimum atomic E-state index is -0.904. The van der Waals surface area contributed by atoms with Crippen LogP contribution in [0, 0.1) is 5.92 Å². The van der Waals surface area contributed by atoms with Crippen molar-refractivity contribution in [3.05, 3.63) is 0 Å². The van der Waals surface area contributed by atoms with Crippen molar-refractivity contribution >= 4 is 5.90 Å². The Balaban J connectivity index is 2.14.